The second-order valence-corrected chi connectivity index (χ2v) is 9.73. The molecule has 1 aromatic carbocycles. The van der Waals surface area contributed by atoms with Crippen molar-refractivity contribution in [1.82, 2.24) is 15.5 Å². The Labute approximate surface area is 171 Å². The van der Waals surface area contributed by atoms with Crippen LogP contribution in [0.3, 0.4) is 0 Å². The Hall–Kier alpha value is -1.88. The van der Waals surface area contributed by atoms with E-state index in [-0.39, 0.29) is 11.8 Å². The smallest absolute Gasteiger partial charge is 0.245 e. The van der Waals surface area contributed by atoms with Gasteiger partial charge in [0.15, 0.2) is 0 Å². The first kappa shape index (κ1) is 24.2. The van der Waals surface area contributed by atoms with Gasteiger partial charge in [0.05, 0.1) is 6.04 Å². The van der Waals surface area contributed by atoms with E-state index < -0.39 is 22.9 Å². The number of amides is 2. The van der Waals surface area contributed by atoms with E-state index in [0.29, 0.717) is 12.5 Å². The Bertz CT molecular complexity index is 648. The summed E-state index contributed by atoms with van der Waals surface area (Å²) in [6.07, 6.45) is 0. The number of carbonyl (C=O) groups is 2. The number of likely N-dealkylation sites (N-methyl/N-ethyl adjacent to an activating group) is 2. The summed E-state index contributed by atoms with van der Waals surface area (Å²) in [6.45, 7) is 14.8. The highest BCUT2D eigenvalue weighted by Gasteiger charge is 2.40. The number of nitrogens with one attached hydrogen (secondary N) is 2. The monoisotopic (exact) mass is 389 g/mol. The molecule has 2 atom stereocenters. The summed E-state index contributed by atoms with van der Waals surface area (Å²) in [4.78, 5) is 28.1. The first-order chi connectivity index (χ1) is 12.8. The van der Waals surface area contributed by atoms with Gasteiger partial charge < -0.3 is 15.5 Å². The summed E-state index contributed by atoms with van der Waals surface area (Å²) >= 11 is 0. The van der Waals surface area contributed by atoms with Gasteiger partial charge in [-0.25, -0.2) is 0 Å². The van der Waals surface area contributed by atoms with Crippen LogP contribution in [0, 0.1) is 11.3 Å². The molecule has 5 heteroatoms. The predicted octanol–water partition coefficient (Wildman–Crippen LogP) is 3.20. The van der Waals surface area contributed by atoms with Gasteiger partial charge in [-0.2, -0.15) is 0 Å². The molecule has 1 rings (SSSR count). The van der Waals surface area contributed by atoms with Crippen LogP contribution in [0.25, 0.3) is 0 Å². The zero-order valence-corrected chi connectivity index (χ0v) is 19.1. The summed E-state index contributed by atoms with van der Waals surface area (Å²) < 4.78 is 0. The maximum Gasteiger partial charge on any atom is 0.245 e. The first-order valence-electron chi connectivity index (χ1n) is 10.1. The topological polar surface area (TPSA) is 61.4 Å². The Kier molecular flexibility index (Phi) is 8.24. The lowest BCUT2D eigenvalue weighted by Gasteiger charge is -2.38. The predicted molar refractivity (Wildman–Crippen MR) is 116 cm³/mol. The molecule has 0 aromatic heterocycles. The van der Waals surface area contributed by atoms with Crippen LogP contribution in [0.4, 0.5) is 0 Å². The number of hydrogen-bond acceptors (Lipinski definition) is 3. The van der Waals surface area contributed by atoms with E-state index in [2.05, 4.69) is 24.5 Å². The normalized spacial score (nSPS) is 14.5. The van der Waals surface area contributed by atoms with Crippen molar-refractivity contribution in [2.24, 2.45) is 11.3 Å². The standard InChI is InChI=1S/C23H39N3O2/c1-16(2)15-26(9)21(28)19(22(3,4)5)25-20(27)18(24-8)23(6,7)17-13-11-10-12-14-17/h10-14,16,18-19,24H,15H2,1-9H3,(H,25,27). The van der Waals surface area contributed by atoms with Gasteiger partial charge in [-0.15, -0.1) is 0 Å². The van der Waals surface area contributed by atoms with Crippen molar-refractivity contribution in [2.45, 2.75) is 66.0 Å². The number of carbonyl (C=O) groups excluding carboxylic acids is 2. The number of nitrogens with zero attached hydrogens (tertiary/aromatic N) is 1. The van der Waals surface area contributed by atoms with Crippen molar-refractivity contribution in [3.63, 3.8) is 0 Å². The van der Waals surface area contributed by atoms with Crippen LogP contribution in [0.1, 0.15) is 54.0 Å². The molecule has 2 amide bonds. The second-order valence-electron chi connectivity index (χ2n) is 9.73. The third-order valence-corrected chi connectivity index (χ3v) is 5.21. The first-order valence-corrected chi connectivity index (χ1v) is 10.1. The SMILES string of the molecule is CNC(C(=O)NC(C(=O)N(C)CC(C)C)C(C)(C)C)C(C)(C)c1ccccc1. The Balaban J connectivity index is 3.10. The molecule has 0 aliphatic rings. The van der Waals surface area contributed by atoms with Gasteiger partial charge in [0, 0.05) is 19.0 Å². The fourth-order valence-electron chi connectivity index (χ4n) is 3.59. The van der Waals surface area contributed by atoms with Gasteiger partial charge in [-0.05, 0) is 23.9 Å². The van der Waals surface area contributed by atoms with E-state index in [1.54, 1.807) is 19.0 Å². The summed E-state index contributed by atoms with van der Waals surface area (Å²) in [7, 11) is 3.59. The van der Waals surface area contributed by atoms with E-state index in [9.17, 15) is 9.59 Å². The molecule has 0 heterocycles. The lowest BCUT2D eigenvalue weighted by Crippen LogP contribution is -2.61. The molecule has 2 unspecified atom stereocenters. The highest BCUT2D eigenvalue weighted by atomic mass is 16.2. The fraction of sp³-hybridized carbons (Fsp3) is 0.652. The van der Waals surface area contributed by atoms with Crippen molar-refractivity contribution in [3.05, 3.63) is 35.9 Å². The van der Waals surface area contributed by atoms with E-state index >= 15 is 0 Å². The van der Waals surface area contributed by atoms with Gasteiger partial charge in [0.2, 0.25) is 11.8 Å². The van der Waals surface area contributed by atoms with Crippen LogP contribution in [0.2, 0.25) is 0 Å². The maximum absolute atomic E-state index is 13.3. The molecule has 158 valence electrons. The van der Waals surface area contributed by atoms with E-state index in [1.165, 1.54) is 0 Å². The minimum Gasteiger partial charge on any atom is -0.344 e. The zero-order valence-electron chi connectivity index (χ0n) is 19.1. The third-order valence-electron chi connectivity index (χ3n) is 5.21. The van der Waals surface area contributed by atoms with Crippen LogP contribution < -0.4 is 10.6 Å². The van der Waals surface area contributed by atoms with Gasteiger partial charge in [0.25, 0.3) is 0 Å². The fourth-order valence-corrected chi connectivity index (χ4v) is 3.59. The highest BCUT2D eigenvalue weighted by Crippen LogP contribution is 2.28. The average Bonchev–Trinajstić information content (AvgIpc) is 2.58. The van der Waals surface area contributed by atoms with Crippen molar-refractivity contribution in [1.29, 1.82) is 0 Å². The molecule has 0 saturated carbocycles. The number of benzene rings is 1. The van der Waals surface area contributed by atoms with Gasteiger partial charge in [0.1, 0.15) is 6.04 Å². The van der Waals surface area contributed by atoms with E-state index in [4.69, 9.17) is 0 Å². The summed E-state index contributed by atoms with van der Waals surface area (Å²) in [5, 5.41) is 6.21. The molecule has 2 N–H and O–H groups in total. The maximum atomic E-state index is 13.3. The zero-order chi connectivity index (χ0) is 21.7. The molecule has 1 aromatic rings. The van der Waals surface area contributed by atoms with Crippen molar-refractivity contribution >= 4 is 11.8 Å². The molecule has 28 heavy (non-hydrogen) atoms. The minimum absolute atomic E-state index is 0.0538. The largest absolute Gasteiger partial charge is 0.344 e. The minimum atomic E-state index is -0.592. The van der Waals surface area contributed by atoms with Crippen LogP contribution in [-0.2, 0) is 15.0 Å². The van der Waals surface area contributed by atoms with Crippen molar-refractivity contribution < 1.29 is 9.59 Å². The van der Waals surface area contributed by atoms with Crippen molar-refractivity contribution in [3.8, 4) is 0 Å². The third kappa shape index (κ3) is 6.06. The van der Waals surface area contributed by atoms with Crippen molar-refractivity contribution in [2.75, 3.05) is 20.6 Å². The highest BCUT2D eigenvalue weighted by molar-refractivity contribution is 5.91. The number of hydrogen-bond donors (Lipinski definition) is 2. The summed E-state index contributed by atoms with van der Waals surface area (Å²) in [5.74, 6) is 0.150. The van der Waals surface area contributed by atoms with Crippen LogP contribution in [-0.4, -0.2) is 49.4 Å². The summed E-state index contributed by atoms with van der Waals surface area (Å²) in [6, 6.07) is 8.91. The lowest BCUT2D eigenvalue weighted by molar-refractivity contribution is -0.139. The average molecular weight is 390 g/mol. The molecule has 0 saturated heterocycles. The van der Waals surface area contributed by atoms with Crippen LogP contribution >= 0.6 is 0 Å². The van der Waals surface area contributed by atoms with Gasteiger partial charge >= 0.3 is 0 Å². The molecular formula is C23H39N3O2. The molecule has 0 fully saturated rings. The Morgan fingerprint density at radius 2 is 1.54 bits per heavy atom. The molecule has 0 aliphatic heterocycles. The van der Waals surface area contributed by atoms with E-state index in [1.807, 2.05) is 65.0 Å². The Morgan fingerprint density at radius 3 is 1.96 bits per heavy atom. The second kappa shape index (κ2) is 9.55. The molecule has 0 aliphatic carbocycles. The summed E-state index contributed by atoms with van der Waals surface area (Å²) in [5.41, 5.74) is 0.239. The van der Waals surface area contributed by atoms with Crippen LogP contribution in [0.15, 0.2) is 30.3 Å². The van der Waals surface area contributed by atoms with Crippen LogP contribution in [0.5, 0.6) is 0 Å². The molecule has 5 nitrogen and oxygen atoms in total. The molecule has 0 bridgehead atoms. The van der Waals surface area contributed by atoms with Gasteiger partial charge in [-0.3, -0.25) is 9.59 Å². The Morgan fingerprint density at radius 1 is 1.00 bits per heavy atom. The molecule has 0 radical (unpaired) electrons. The number of rotatable bonds is 8. The van der Waals surface area contributed by atoms with Gasteiger partial charge in [-0.1, -0.05) is 78.8 Å². The lowest BCUT2D eigenvalue weighted by atomic mass is 9.76. The quantitative estimate of drug-likeness (QED) is 0.718. The molecule has 0 spiro atoms. The molecular weight excluding hydrogens is 350 g/mol. The van der Waals surface area contributed by atoms with E-state index in [0.717, 1.165) is 5.56 Å².